The van der Waals surface area contributed by atoms with E-state index >= 15 is 0 Å². The van der Waals surface area contributed by atoms with Gasteiger partial charge in [0.2, 0.25) is 5.91 Å². The Bertz CT molecular complexity index is 382. The molecular weight excluding hydrogens is 242 g/mol. The summed E-state index contributed by atoms with van der Waals surface area (Å²) < 4.78 is 27.4. The zero-order valence-corrected chi connectivity index (χ0v) is 10.7. The number of carbonyl (C=O) groups excluding carboxylic acids is 1. The summed E-state index contributed by atoms with van der Waals surface area (Å²) in [5.41, 5.74) is 5.23. The van der Waals surface area contributed by atoms with Gasteiger partial charge in [-0.1, -0.05) is 0 Å². The molecule has 6 nitrogen and oxygen atoms in total. The van der Waals surface area contributed by atoms with Crippen molar-refractivity contribution < 1.29 is 13.2 Å². The molecule has 0 unspecified atom stereocenters. The Kier molecular flexibility index (Phi) is 3.70. The topological polar surface area (TPSA) is 83.7 Å². The van der Waals surface area contributed by atoms with Crippen LogP contribution < -0.4 is 5.73 Å². The molecule has 0 bridgehead atoms. The van der Waals surface area contributed by atoms with Crippen LogP contribution in [0.25, 0.3) is 0 Å². The lowest BCUT2D eigenvalue weighted by Crippen LogP contribution is -2.47. The van der Waals surface area contributed by atoms with Crippen LogP contribution in [-0.4, -0.2) is 49.1 Å². The van der Waals surface area contributed by atoms with Gasteiger partial charge in [0.25, 0.3) is 10.2 Å². The van der Waals surface area contributed by atoms with E-state index in [0.29, 0.717) is 39.0 Å². The third-order valence-electron chi connectivity index (χ3n) is 3.57. The molecule has 0 radical (unpaired) electrons. The molecule has 0 aromatic heterocycles. The van der Waals surface area contributed by atoms with Gasteiger partial charge in [0.05, 0.1) is 0 Å². The molecule has 0 saturated carbocycles. The number of rotatable bonds is 3. The van der Waals surface area contributed by atoms with E-state index in [-0.39, 0.29) is 11.8 Å². The molecule has 0 aromatic rings. The fourth-order valence-electron chi connectivity index (χ4n) is 2.45. The number of amides is 1. The third-order valence-corrected chi connectivity index (χ3v) is 5.61. The number of hydrogen-bond acceptors (Lipinski definition) is 3. The Balaban J connectivity index is 1.98. The summed E-state index contributed by atoms with van der Waals surface area (Å²) in [5, 5.41) is 0. The quantitative estimate of drug-likeness (QED) is 0.745. The van der Waals surface area contributed by atoms with Crippen molar-refractivity contribution >= 4 is 16.1 Å². The molecule has 98 valence electrons. The average molecular weight is 261 g/mol. The minimum absolute atomic E-state index is 0.167. The van der Waals surface area contributed by atoms with E-state index < -0.39 is 10.2 Å². The molecule has 17 heavy (non-hydrogen) atoms. The maximum Gasteiger partial charge on any atom is 0.281 e. The van der Waals surface area contributed by atoms with Gasteiger partial charge in [0, 0.05) is 32.1 Å². The summed E-state index contributed by atoms with van der Waals surface area (Å²) in [6, 6.07) is 0. The van der Waals surface area contributed by atoms with Crippen LogP contribution in [-0.2, 0) is 15.0 Å². The molecule has 0 atom stereocenters. The van der Waals surface area contributed by atoms with E-state index in [1.54, 1.807) is 0 Å². The van der Waals surface area contributed by atoms with Crippen molar-refractivity contribution in [3.05, 3.63) is 0 Å². The van der Waals surface area contributed by atoms with Crippen LogP contribution in [0.3, 0.4) is 0 Å². The van der Waals surface area contributed by atoms with Crippen molar-refractivity contribution in [2.24, 2.45) is 11.7 Å². The third kappa shape index (κ3) is 2.61. The number of piperidine rings is 1. The van der Waals surface area contributed by atoms with E-state index in [0.717, 1.165) is 12.8 Å². The van der Waals surface area contributed by atoms with Crippen molar-refractivity contribution in [2.45, 2.75) is 25.7 Å². The Morgan fingerprint density at radius 1 is 1.00 bits per heavy atom. The van der Waals surface area contributed by atoms with Crippen molar-refractivity contribution in [1.29, 1.82) is 0 Å². The molecule has 0 aromatic carbocycles. The highest BCUT2D eigenvalue weighted by Crippen LogP contribution is 2.23. The van der Waals surface area contributed by atoms with Crippen molar-refractivity contribution in [3.8, 4) is 0 Å². The number of primary amides is 1. The van der Waals surface area contributed by atoms with Crippen LogP contribution >= 0.6 is 0 Å². The summed E-state index contributed by atoms with van der Waals surface area (Å²) in [7, 11) is -3.30. The first-order valence-corrected chi connectivity index (χ1v) is 7.46. The maximum absolute atomic E-state index is 12.2. The van der Waals surface area contributed by atoms with Gasteiger partial charge in [-0.25, -0.2) is 0 Å². The van der Waals surface area contributed by atoms with Gasteiger partial charge >= 0.3 is 0 Å². The SMILES string of the molecule is NC(=O)C1CCN(S(=O)(=O)N2CCCC2)CC1. The van der Waals surface area contributed by atoms with Crippen molar-refractivity contribution in [1.82, 2.24) is 8.61 Å². The summed E-state index contributed by atoms with van der Waals surface area (Å²) in [5.74, 6) is -0.483. The minimum atomic E-state index is -3.30. The molecule has 2 rings (SSSR count). The zero-order valence-electron chi connectivity index (χ0n) is 9.84. The second-order valence-electron chi connectivity index (χ2n) is 4.69. The first-order valence-electron chi connectivity index (χ1n) is 6.06. The minimum Gasteiger partial charge on any atom is -0.369 e. The van der Waals surface area contributed by atoms with Gasteiger partial charge in [-0.15, -0.1) is 0 Å². The molecule has 0 spiro atoms. The number of nitrogens with two attached hydrogens (primary N) is 1. The molecule has 2 aliphatic heterocycles. The van der Waals surface area contributed by atoms with Crippen LogP contribution in [0.5, 0.6) is 0 Å². The predicted octanol–water partition coefficient (Wildman–Crippen LogP) is -0.476. The van der Waals surface area contributed by atoms with Gasteiger partial charge < -0.3 is 5.73 Å². The first-order chi connectivity index (χ1) is 8.01. The van der Waals surface area contributed by atoms with Crippen LogP contribution in [0.4, 0.5) is 0 Å². The Morgan fingerprint density at radius 2 is 1.47 bits per heavy atom. The van der Waals surface area contributed by atoms with E-state index in [9.17, 15) is 13.2 Å². The van der Waals surface area contributed by atoms with Crippen LogP contribution in [0, 0.1) is 5.92 Å². The van der Waals surface area contributed by atoms with Gasteiger partial charge in [0.15, 0.2) is 0 Å². The van der Waals surface area contributed by atoms with Crippen LogP contribution in [0.1, 0.15) is 25.7 Å². The highest BCUT2D eigenvalue weighted by atomic mass is 32.2. The normalized spacial score (nSPS) is 25.2. The molecule has 2 fully saturated rings. The van der Waals surface area contributed by atoms with Crippen LogP contribution in [0.2, 0.25) is 0 Å². The second-order valence-corrected chi connectivity index (χ2v) is 6.62. The molecule has 2 N–H and O–H groups in total. The number of hydrogen-bond donors (Lipinski definition) is 1. The molecular formula is C10H19N3O3S. The fraction of sp³-hybridized carbons (Fsp3) is 0.900. The van der Waals surface area contributed by atoms with E-state index in [1.807, 2.05) is 0 Å². The van der Waals surface area contributed by atoms with Crippen LogP contribution in [0.15, 0.2) is 0 Å². The van der Waals surface area contributed by atoms with Crippen molar-refractivity contribution in [2.75, 3.05) is 26.2 Å². The zero-order chi connectivity index (χ0) is 12.5. The van der Waals surface area contributed by atoms with E-state index in [4.69, 9.17) is 5.73 Å². The molecule has 7 heteroatoms. The summed E-state index contributed by atoms with van der Waals surface area (Å²) in [6.45, 7) is 2.06. The highest BCUT2D eigenvalue weighted by molar-refractivity contribution is 7.86. The summed E-state index contributed by atoms with van der Waals surface area (Å²) >= 11 is 0. The fourth-order valence-corrected chi connectivity index (χ4v) is 4.17. The molecule has 0 aliphatic carbocycles. The molecule has 2 heterocycles. The lowest BCUT2D eigenvalue weighted by Gasteiger charge is -2.32. The first kappa shape index (κ1) is 12.8. The second kappa shape index (κ2) is 4.91. The van der Waals surface area contributed by atoms with Gasteiger partial charge in [0.1, 0.15) is 0 Å². The smallest absolute Gasteiger partial charge is 0.281 e. The molecule has 1 amide bonds. The highest BCUT2D eigenvalue weighted by Gasteiger charge is 2.35. The Hall–Kier alpha value is -0.660. The number of carbonyl (C=O) groups is 1. The Morgan fingerprint density at radius 3 is 1.94 bits per heavy atom. The number of nitrogens with zero attached hydrogens (tertiary/aromatic N) is 2. The van der Waals surface area contributed by atoms with E-state index in [2.05, 4.69) is 0 Å². The lowest BCUT2D eigenvalue weighted by atomic mass is 9.98. The maximum atomic E-state index is 12.2. The predicted molar refractivity (Wildman–Crippen MR) is 63.2 cm³/mol. The Labute approximate surface area is 102 Å². The molecule has 2 aliphatic rings. The lowest BCUT2D eigenvalue weighted by molar-refractivity contribution is -0.122. The molecule has 2 saturated heterocycles. The van der Waals surface area contributed by atoms with Gasteiger partial charge in [-0.2, -0.15) is 17.0 Å². The van der Waals surface area contributed by atoms with Gasteiger partial charge in [-0.3, -0.25) is 4.79 Å². The van der Waals surface area contributed by atoms with Crippen molar-refractivity contribution in [3.63, 3.8) is 0 Å². The summed E-state index contributed by atoms with van der Waals surface area (Å²) in [6.07, 6.45) is 2.97. The standard InChI is InChI=1S/C10H19N3O3S/c11-10(14)9-3-7-13(8-4-9)17(15,16)12-5-1-2-6-12/h9H,1-8H2,(H2,11,14). The van der Waals surface area contributed by atoms with Gasteiger partial charge in [-0.05, 0) is 25.7 Å². The largest absolute Gasteiger partial charge is 0.369 e. The monoisotopic (exact) mass is 261 g/mol. The average Bonchev–Trinajstić information content (AvgIpc) is 2.83. The van der Waals surface area contributed by atoms with E-state index in [1.165, 1.54) is 8.61 Å². The summed E-state index contributed by atoms with van der Waals surface area (Å²) in [4.78, 5) is 11.0.